The molecule has 1 aromatic carbocycles. The molecule has 4 amide bonds. The smallest absolute Gasteiger partial charge is 0.312 e. The van der Waals surface area contributed by atoms with Crippen LogP contribution in [0.5, 0.6) is 0 Å². The number of anilines is 1. The molecular weight excluding hydrogens is 887 g/mol. The molecule has 0 fully saturated rings. The molecule has 2 rings (SSSR count). The number of oxime groups is 1. The van der Waals surface area contributed by atoms with Gasteiger partial charge in [0.2, 0.25) is 5.91 Å². The number of amides is 4. The molecule has 6 N–H and O–H groups in total. The van der Waals surface area contributed by atoms with Crippen molar-refractivity contribution >= 4 is 58.6 Å². The fourth-order valence-corrected chi connectivity index (χ4v) is 7.32. The lowest BCUT2D eigenvalue weighted by Crippen LogP contribution is -2.46. The molecule has 20 heteroatoms. The first-order valence-corrected chi connectivity index (χ1v) is 24.6. The van der Waals surface area contributed by atoms with Gasteiger partial charge in [0, 0.05) is 52.2 Å². The molecule has 0 aliphatic rings. The SMILES string of the molecule is C=C(NCc1cn(CCOCCOCCOCCC)nn1)OCc1ccc(NC(=O)[C@H](CCCNC(N)=O)CC(=O)[C@@H](NC(=O)CON=C(CSC(C)(C)C)CSC(C)(C)C)C(C)C)cc1. The van der Waals surface area contributed by atoms with Crippen molar-refractivity contribution in [2.45, 2.75) is 123 Å². The van der Waals surface area contributed by atoms with Crippen molar-refractivity contribution in [3.63, 3.8) is 0 Å². The Labute approximate surface area is 400 Å². The summed E-state index contributed by atoms with van der Waals surface area (Å²) in [5.41, 5.74) is 8.13. The van der Waals surface area contributed by atoms with Crippen LogP contribution in [0.4, 0.5) is 10.5 Å². The Balaban J connectivity index is 1.90. The average molecular weight is 964 g/mol. The molecule has 372 valence electrons. The third-order valence-corrected chi connectivity index (χ3v) is 11.8. The lowest BCUT2D eigenvalue weighted by Gasteiger charge is -2.24. The Bertz CT molecular complexity index is 1760. The van der Waals surface area contributed by atoms with Crippen LogP contribution < -0.4 is 27.0 Å². The summed E-state index contributed by atoms with van der Waals surface area (Å²) in [6.07, 6.45) is 3.36. The topological polar surface area (TPSA) is 232 Å². The summed E-state index contributed by atoms with van der Waals surface area (Å²) >= 11 is 3.49. The van der Waals surface area contributed by atoms with E-state index in [1.807, 2.05) is 32.2 Å². The molecular formula is C46H77N9O9S2. The predicted octanol–water partition coefficient (Wildman–Crippen LogP) is 6.05. The Morgan fingerprint density at radius 1 is 0.894 bits per heavy atom. The maximum absolute atomic E-state index is 13.8. The highest BCUT2D eigenvalue weighted by atomic mass is 32.2. The van der Waals surface area contributed by atoms with E-state index in [1.165, 1.54) is 0 Å². The normalized spacial score (nSPS) is 12.5. The third kappa shape index (κ3) is 28.0. The largest absolute Gasteiger partial charge is 0.475 e. The van der Waals surface area contributed by atoms with Crippen molar-refractivity contribution in [3.8, 4) is 0 Å². The highest BCUT2D eigenvalue weighted by Gasteiger charge is 2.30. The number of thioether (sulfide) groups is 2. The van der Waals surface area contributed by atoms with Crippen LogP contribution in [0.2, 0.25) is 0 Å². The minimum Gasteiger partial charge on any atom is -0.475 e. The first-order chi connectivity index (χ1) is 31.2. The van der Waals surface area contributed by atoms with Crippen molar-refractivity contribution in [2.24, 2.45) is 22.7 Å². The summed E-state index contributed by atoms with van der Waals surface area (Å²) in [5, 5.41) is 24.0. The molecule has 66 heavy (non-hydrogen) atoms. The number of nitrogens with two attached hydrogens (primary N) is 1. The second kappa shape index (κ2) is 31.6. The van der Waals surface area contributed by atoms with Crippen LogP contribution in [-0.4, -0.2) is 124 Å². The number of nitrogens with one attached hydrogen (secondary N) is 4. The Kier molecular flexibility index (Phi) is 27.6. The number of carbonyl (C=O) groups excluding carboxylic acids is 4. The summed E-state index contributed by atoms with van der Waals surface area (Å²) in [6.45, 7) is 26.8. The van der Waals surface area contributed by atoms with E-state index < -0.39 is 23.9 Å². The van der Waals surface area contributed by atoms with Crippen molar-refractivity contribution in [3.05, 3.63) is 54.2 Å². The van der Waals surface area contributed by atoms with Crippen LogP contribution in [0, 0.1) is 11.8 Å². The van der Waals surface area contributed by atoms with Crippen molar-refractivity contribution in [1.29, 1.82) is 0 Å². The summed E-state index contributed by atoms with van der Waals surface area (Å²) in [5.74, 6) is -0.514. The number of aromatic nitrogens is 3. The number of hydrogen-bond acceptors (Lipinski definition) is 15. The molecule has 0 saturated heterocycles. The molecule has 0 spiro atoms. The summed E-state index contributed by atoms with van der Waals surface area (Å²) < 4.78 is 24.0. The highest BCUT2D eigenvalue weighted by molar-refractivity contribution is 8.02. The van der Waals surface area contributed by atoms with Gasteiger partial charge < -0.3 is 50.8 Å². The third-order valence-electron chi connectivity index (χ3n) is 9.15. The van der Waals surface area contributed by atoms with E-state index in [1.54, 1.807) is 40.3 Å². The standard InChI is InChI=1S/C46H77N9O9S2/c1-11-20-60-22-24-62-25-23-61-21-19-55-28-38(52-54-55)27-49-34(4)63-29-35-14-16-37(17-15-35)50-43(58)36(13-12-18-48-44(47)59)26-40(56)42(33(2)3)51-41(57)30-64-53-39(31-65-45(5,6)7)32-66-46(8,9)10/h14-17,28,33,36,42,49H,4,11-13,18-27,29-32H2,1-3,5-10H3,(H,50,58)(H,51,57)(H3,47,48,59)/t36-,42+/m1/s1. The first-order valence-electron chi connectivity index (χ1n) is 22.6. The zero-order valence-electron chi connectivity index (χ0n) is 40.7. The van der Waals surface area contributed by atoms with Gasteiger partial charge in [0.05, 0.1) is 64.1 Å². The minimum atomic E-state index is -0.864. The number of nitrogens with zero attached hydrogens (tertiary/aromatic N) is 4. The number of ether oxygens (including phenoxy) is 4. The fourth-order valence-electron chi connectivity index (χ4n) is 5.68. The molecule has 2 atom stereocenters. The van der Waals surface area contributed by atoms with Crippen LogP contribution in [-0.2, 0) is 57.9 Å². The van der Waals surface area contributed by atoms with E-state index in [4.69, 9.17) is 29.5 Å². The van der Waals surface area contributed by atoms with E-state index in [-0.39, 0.29) is 59.7 Å². The van der Waals surface area contributed by atoms with Crippen LogP contribution in [0.3, 0.4) is 0 Å². The molecule has 18 nitrogen and oxygen atoms in total. The van der Waals surface area contributed by atoms with Gasteiger partial charge in [0.15, 0.2) is 18.3 Å². The Morgan fingerprint density at radius 3 is 2.11 bits per heavy atom. The number of ketones is 1. The summed E-state index contributed by atoms with van der Waals surface area (Å²) in [7, 11) is 0. The Morgan fingerprint density at radius 2 is 1.52 bits per heavy atom. The van der Waals surface area contributed by atoms with Crippen molar-refractivity contribution in [2.75, 3.05) is 69.6 Å². The van der Waals surface area contributed by atoms with Gasteiger partial charge in [-0.3, -0.25) is 14.4 Å². The monoisotopic (exact) mass is 964 g/mol. The number of hydrogen-bond donors (Lipinski definition) is 5. The van der Waals surface area contributed by atoms with E-state index in [9.17, 15) is 19.2 Å². The van der Waals surface area contributed by atoms with Gasteiger partial charge in [-0.15, -0.1) is 28.6 Å². The van der Waals surface area contributed by atoms with Gasteiger partial charge in [-0.05, 0) is 49.5 Å². The number of benzene rings is 1. The van der Waals surface area contributed by atoms with E-state index in [2.05, 4.69) is 91.8 Å². The van der Waals surface area contributed by atoms with Crippen LogP contribution in [0.1, 0.15) is 99.3 Å². The molecule has 2 aromatic rings. The van der Waals surface area contributed by atoms with Crippen molar-refractivity contribution < 1.29 is 43.0 Å². The maximum atomic E-state index is 13.8. The fraction of sp³-hybridized carbons (Fsp3) is 0.674. The second-order valence-corrected chi connectivity index (χ2v) is 21.5. The lowest BCUT2D eigenvalue weighted by molar-refractivity contribution is -0.133. The second-order valence-electron chi connectivity index (χ2n) is 17.9. The molecule has 0 aliphatic carbocycles. The number of rotatable bonds is 35. The Hall–Kier alpha value is -4.37. The number of carbonyl (C=O) groups is 4. The quantitative estimate of drug-likeness (QED) is 0.0229. The zero-order valence-corrected chi connectivity index (χ0v) is 42.3. The van der Waals surface area contributed by atoms with Gasteiger partial charge in [0.1, 0.15) is 12.3 Å². The molecule has 0 radical (unpaired) electrons. The van der Waals surface area contributed by atoms with Gasteiger partial charge in [-0.2, -0.15) is 0 Å². The molecule has 0 saturated carbocycles. The van der Waals surface area contributed by atoms with Gasteiger partial charge in [0.25, 0.3) is 5.91 Å². The van der Waals surface area contributed by atoms with E-state index in [0.29, 0.717) is 81.3 Å². The zero-order chi connectivity index (χ0) is 49.0. The van der Waals surface area contributed by atoms with Crippen LogP contribution in [0.15, 0.2) is 48.1 Å². The molecule has 0 bridgehead atoms. The minimum absolute atomic E-state index is 0.0309. The average Bonchev–Trinajstić information content (AvgIpc) is 3.70. The van der Waals surface area contributed by atoms with Crippen LogP contribution in [0.25, 0.3) is 0 Å². The predicted molar refractivity (Wildman–Crippen MR) is 263 cm³/mol. The lowest BCUT2D eigenvalue weighted by atomic mass is 9.89. The van der Waals surface area contributed by atoms with Gasteiger partial charge >= 0.3 is 6.03 Å². The van der Waals surface area contributed by atoms with Crippen LogP contribution >= 0.6 is 23.5 Å². The van der Waals surface area contributed by atoms with Crippen molar-refractivity contribution in [1.82, 2.24) is 30.9 Å². The van der Waals surface area contributed by atoms with E-state index in [0.717, 1.165) is 24.3 Å². The summed E-state index contributed by atoms with van der Waals surface area (Å²) in [4.78, 5) is 57.3. The van der Waals surface area contributed by atoms with Gasteiger partial charge in [-0.1, -0.05) is 84.8 Å². The number of primary amides is 1. The molecule has 1 heterocycles. The molecule has 0 unspecified atom stereocenters. The molecule has 0 aliphatic heterocycles. The molecule has 1 aromatic heterocycles. The first kappa shape index (κ1) is 57.8. The number of urea groups is 1. The number of Topliss-reactive ketones (excluding diaryl/α,β-unsaturated/α-hetero) is 1. The maximum Gasteiger partial charge on any atom is 0.312 e. The van der Waals surface area contributed by atoms with Gasteiger partial charge in [-0.25, -0.2) is 9.48 Å². The summed E-state index contributed by atoms with van der Waals surface area (Å²) in [6, 6.07) is 5.57. The van der Waals surface area contributed by atoms with E-state index >= 15 is 0 Å². The highest BCUT2D eigenvalue weighted by Crippen LogP contribution is 2.27.